The van der Waals surface area contributed by atoms with E-state index in [1.54, 1.807) is 48.6 Å². The van der Waals surface area contributed by atoms with Gasteiger partial charge in [-0.1, -0.05) is 11.8 Å². The first-order valence-corrected chi connectivity index (χ1v) is 11.9. The van der Waals surface area contributed by atoms with Crippen LogP contribution in [0.4, 0.5) is 10.1 Å². The molecule has 3 rings (SSSR count). The number of nitrogens with zero attached hydrogens (tertiary/aromatic N) is 1. The summed E-state index contributed by atoms with van der Waals surface area (Å²) in [5.41, 5.74) is 2.89. The van der Waals surface area contributed by atoms with E-state index in [0.717, 1.165) is 26.6 Å². The molecule has 0 atom stereocenters. The third-order valence-corrected chi connectivity index (χ3v) is 7.07. The predicted octanol–water partition coefficient (Wildman–Crippen LogP) is 4.41. The van der Waals surface area contributed by atoms with Gasteiger partial charge in [-0.15, -0.1) is 0 Å². The first-order chi connectivity index (χ1) is 14.2. The Morgan fingerprint density at radius 1 is 1.17 bits per heavy atom. The van der Waals surface area contributed by atoms with Crippen LogP contribution in [-0.4, -0.2) is 31.1 Å². The van der Waals surface area contributed by atoms with Crippen LogP contribution in [0.5, 0.6) is 0 Å². The lowest BCUT2D eigenvalue weighted by molar-refractivity contribution is -0.142. The van der Waals surface area contributed by atoms with Crippen molar-refractivity contribution < 1.29 is 22.3 Å². The number of nitrogens with one attached hydrogen (secondary N) is 1. The van der Waals surface area contributed by atoms with Gasteiger partial charge in [0.25, 0.3) is 0 Å². The molecule has 0 spiro atoms. The minimum atomic E-state index is -3.34. The molecule has 0 aliphatic rings. The second-order valence-corrected chi connectivity index (χ2v) is 9.70. The van der Waals surface area contributed by atoms with Crippen molar-refractivity contribution in [1.29, 1.82) is 0 Å². The number of aromatic nitrogens is 1. The molecule has 2 aromatic heterocycles. The third kappa shape index (κ3) is 4.96. The van der Waals surface area contributed by atoms with Crippen LogP contribution in [0.2, 0.25) is 0 Å². The van der Waals surface area contributed by atoms with Crippen LogP contribution < -0.4 is 4.72 Å². The highest BCUT2D eigenvalue weighted by Crippen LogP contribution is 2.36. The van der Waals surface area contributed by atoms with Gasteiger partial charge in [0.15, 0.2) is 0 Å². The Balaban J connectivity index is 1.95. The third-order valence-electron chi connectivity index (χ3n) is 4.56. The average Bonchev–Trinajstić information content (AvgIpc) is 2.94. The zero-order chi connectivity index (χ0) is 21.9. The number of rotatable bonds is 8. The predicted molar refractivity (Wildman–Crippen MR) is 116 cm³/mol. The quantitative estimate of drug-likeness (QED) is 0.515. The molecule has 0 amide bonds. The van der Waals surface area contributed by atoms with Gasteiger partial charge in [-0.25, -0.2) is 12.8 Å². The van der Waals surface area contributed by atoms with Crippen LogP contribution >= 0.6 is 11.8 Å². The van der Waals surface area contributed by atoms with E-state index < -0.39 is 10.0 Å². The van der Waals surface area contributed by atoms with Gasteiger partial charge in [0.1, 0.15) is 5.82 Å². The zero-order valence-corrected chi connectivity index (χ0v) is 18.6. The van der Waals surface area contributed by atoms with E-state index in [4.69, 9.17) is 4.74 Å². The van der Waals surface area contributed by atoms with E-state index in [1.165, 1.54) is 24.0 Å². The number of benzene rings is 1. The van der Waals surface area contributed by atoms with Crippen molar-refractivity contribution in [3.63, 3.8) is 0 Å². The summed E-state index contributed by atoms with van der Waals surface area (Å²) in [4.78, 5) is 12.9. The zero-order valence-electron chi connectivity index (χ0n) is 16.9. The van der Waals surface area contributed by atoms with Gasteiger partial charge in [0, 0.05) is 16.8 Å². The van der Waals surface area contributed by atoms with Crippen molar-refractivity contribution in [2.45, 2.75) is 37.1 Å². The van der Waals surface area contributed by atoms with Gasteiger partial charge in [0.2, 0.25) is 10.0 Å². The molecule has 3 aromatic rings. The summed E-state index contributed by atoms with van der Waals surface area (Å²) in [7, 11) is -3.34. The SMILES string of the molecule is CCOC(=O)Cc1c(C)c(Sc2ccc(NS(=O)(=O)CC)cc2)n2cc(F)ccc12. The summed E-state index contributed by atoms with van der Waals surface area (Å²) < 4.78 is 46.7. The van der Waals surface area contributed by atoms with Crippen molar-refractivity contribution in [3.05, 3.63) is 59.5 Å². The average molecular weight is 451 g/mol. The lowest BCUT2D eigenvalue weighted by Crippen LogP contribution is -2.14. The van der Waals surface area contributed by atoms with Crippen LogP contribution in [0.15, 0.2) is 52.5 Å². The molecule has 0 saturated carbocycles. The Kier molecular flexibility index (Phi) is 6.72. The van der Waals surface area contributed by atoms with Gasteiger partial charge < -0.3 is 9.14 Å². The topological polar surface area (TPSA) is 76.9 Å². The monoisotopic (exact) mass is 450 g/mol. The molecule has 1 N–H and O–H groups in total. The highest BCUT2D eigenvalue weighted by Gasteiger charge is 2.19. The number of fused-ring (bicyclic) bond motifs is 1. The summed E-state index contributed by atoms with van der Waals surface area (Å²) in [6.45, 7) is 5.52. The van der Waals surface area contributed by atoms with Crippen molar-refractivity contribution in [1.82, 2.24) is 4.40 Å². The van der Waals surface area contributed by atoms with Gasteiger partial charge in [-0.2, -0.15) is 0 Å². The number of carbonyl (C=O) groups is 1. The van der Waals surface area contributed by atoms with Gasteiger partial charge in [-0.05, 0) is 68.3 Å². The molecule has 0 bridgehead atoms. The minimum absolute atomic E-state index is 0.00630. The number of ether oxygens (including phenoxy) is 1. The highest BCUT2D eigenvalue weighted by molar-refractivity contribution is 7.99. The summed E-state index contributed by atoms with van der Waals surface area (Å²) in [5.74, 6) is -0.721. The van der Waals surface area contributed by atoms with E-state index in [9.17, 15) is 17.6 Å². The first-order valence-electron chi connectivity index (χ1n) is 9.47. The van der Waals surface area contributed by atoms with Crippen LogP contribution in [0.1, 0.15) is 25.0 Å². The Bertz CT molecular complexity index is 1170. The van der Waals surface area contributed by atoms with E-state index >= 15 is 0 Å². The highest BCUT2D eigenvalue weighted by atomic mass is 32.2. The molecule has 1 aromatic carbocycles. The molecule has 9 heteroatoms. The Morgan fingerprint density at radius 2 is 1.87 bits per heavy atom. The number of esters is 1. The number of halogens is 1. The lowest BCUT2D eigenvalue weighted by atomic mass is 10.1. The van der Waals surface area contributed by atoms with Crippen molar-refractivity contribution >= 4 is 39.0 Å². The normalized spacial score (nSPS) is 11.6. The van der Waals surface area contributed by atoms with Crippen molar-refractivity contribution in [3.8, 4) is 0 Å². The van der Waals surface area contributed by atoms with Crippen molar-refractivity contribution in [2.75, 3.05) is 17.1 Å². The summed E-state index contributed by atoms with van der Waals surface area (Å²) in [6, 6.07) is 9.97. The Labute approximate surface area is 179 Å². The van der Waals surface area contributed by atoms with Crippen LogP contribution in [0.25, 0.3) is 5.52 Å². The molecule has 0 radical (unpaired) electrons. The van der Waals surface area contributed by atoms with Crippen LogP contribution in [0, 0.1) is 12.7 Å². The maximum atomic E-state index is 13.9. The molecule has 0 fully saturated rings. The maximum absolute atomic E-state index is 13.9. The van der Waals surface area contributed by atoms with Crippen molar-refractivity contribution in [2.24, 2.45) is 0 Å². The fourth-order valence-electron chi connectivity index (χ4n) is 3.05. The number of carbonyl (C=O) groups excluding carboxylic acids is 1. The maximum Gasteiger partial charge on any atom is 0.310 e. The van der Waals surface area contributed by atoms with E-state index in [2.05, 4.69) is 4.72 Å². The fourth-order valence-corrected chi connectivity index (χ4v) is 4.71. The number of pyridine rings is 1. The lowest BCUT2D eigenvalue weighted by Gasteiger charge is -2.08. The molecular formula is C21H23FN2O4S2. The van der Waals surface area contributed by atoms with Gasteiger partial charge in [-0.3, -0.25) is 9.52 Å². The molecule has 0 unspecified atom stereocenters. The van der Waals surface area contributed by atoms with Crippen LogP contribution in [-0.2, 0) is 26.0 Å². The summed E-state index contributed by atoms with van der Waals surface area (Å²) in [5, 5.41) is 0.783. The van der Waals surface area contributed by atoms with Crippen LogP contribution in [0.3, 0.4) is 0 Å². The second kappa shape index (κ2) is 9.09. The van der Waals surface area contributed by atoms with Gasteiger partial charge in [0.05, 0.1) is 29.3 Å². The molecule has 30 heavy (non-hydrogen) atoms. The number of hydrogen-bond donors (Lipinski definition) is 1. The standard InChI is InChI=1S/C21H23FN2O4S2/c1-4-28-20(25)12-18-14(3)21(24-13-15(22)6-11-19(18)24)29-17-9-7-16(8-10-17)23-30(26,27)5-2/h6-11,13,23H,4-5,12H2,1-3H3. The largest absolute Gasteiger partial charge is 0.466 e. The van der Waals surface area contributed by atoms with E-state index in [1.807, 2.05) is 6.92 Å². The second-order valence-electron chi connectivity index (χ2n) is 6.62. The fraction of sp³-hybridized carbons (Fsp3) is 0.286. The van der Waals surface area contributed by atoms with E-state index in [-0.39, 0.29) is 24.0 Å². The molecule has 0 aliphatic carbocycles. The van der Waals surface area contributed by atoms with E-state index in [0.29, 0.717) is 12.3 Å². The number of anilines is 1. The molecule has 160 valence electrons. The molecule has 2 heterocycles. The molecule has 0 saturated heterocycles. The molecular weight excluding hydrogens is 427 g/mol. The summed E-state index contributed by atoms with van der Waals surface area (Å²) >= 11 is 1.41. The summed E-state index contributed by atoms with van der Waals surface area (Å²) in [6.07, 6.45) is 1.50. The van der Waals surface area contributed by atoms with Gasteiger partial charge >= 0.3 is 5.97 Å². The Hall–Kier alpha value is -2.52. The number of hydrogen-bond acceptors (Lipinski definition) is 5. The number of sulfonamides is 1. The first kappa shape index (κ1) is 22.2. The molecule has 0 aliphatic heterocycles. The Morgan fingerprint density at radius 3 is 2.50 bits per heavy atom. The smallest absolute Gasteiger partial charge is 0.310 e. The minimum Gasteiger partial charge on any atom is -0.466 e. The molecule has 6 nitrogen and oxygen atoms in total.